The van der Waals surface area contributed by atoms with E-state index in [-0.39, 0.29) is 0 Å². The average molecular weight is 235 g/mol. The third-order valence-corrected chi connectivity index (χ3v) is 3.67. The van der Waals surface area contributed by atoms with Crippen LogP contribution in [0.2, 0.25) is 0 Å². The molecule has 1 rings (SSSR count). The maximum Gasteiger partial charge on any atom is 0.421 e. The van der Waals surface area contributed by atoms with Crippen LogP contribution in [0.4, 0.5) is 0 Å². The van der Waals surface area contributed by atoms with Gasteiger partial charge >= 0.3 is 11.8 Å². The SMILES string of the molecule is CSN1CCCC[N+](SC)=C1C(=O)O. The standard InChI is InChI=1S/C8H14N2O2S2/c1-13-9-5-3-4-6-10(14-2)7(9)8(11)12/h3-6H2,1-2H3/p+1. The number of aliphatic carboxylic acids is 1. The summed E-state index contributed by atoms with van der Waals surface area (Å²) in [5.74, 6) is -0.432. The van der Waals surface area contributed by atoms with Gasteiger partial charge in [-0.1, -0.05) is 0 Å². The van der Waals surface area contributed by atoms with Crippen LogP contribution in [-0.4, -0.2) is 50.8 Å². The van der Waals surface area contributed by atoms with Gasteiger partial charge in [-0.3, -0.25) is 0 Å². The Balaban J connectivity index is 3.00. The summed E-state index contributed by atoms with van der Waals surface area (Å²) in [6, 6.07) is 0. The van der Waals surface area contributed by atoms with Gasteiger partial charge in [-0.25, -0.2) is 4.79 Å². The molecule has 0 bridgehead atoms. The fraction of sp³-hybridized carbons (Fsp3) is 0.750. The second kappa shape index (κ2) is 5.50. The van der Waals surface area contributed by atoms with Gasteiger partial charge in [0.2, 0.25) is 0 Å². The molecule has 1 aliphatic rings. The molecule has 0 aromatic carbocycles. The van der Waals surface area contributed by atoms with Gasteiger partial charge in [-0.05, 0) is 12.8 Å². The van der Waals surface area contributed by atoms with E-state index in [1.54, 1.807) is 0 Å². The Morgan fingerprint density at radius 2 is 2.21 bits per heavy atom. The highest BCUT2D eigenvalue weighted by Crippen LogP contribution is 2.15. The Morgan fingerprint density at radius 1 is 1.50 bits per heavy atom. The van der Waals surface area contributed by atoms with Crippen LogP contribution in [0, 0.1) is 0 Å². The monoisotopic (exact) mass is 235 g/mol. The van der Waals surface area contributed by atoms with E-state index in [1.807, 2.05) is 20.8 Å². The highest BCUT2D eigenvalue weighted by molar-refractivity contribution is 7.97. The van der Waals surface area contributed by atoms with Crippen molar-refractivity contribution in [3.63, 3.8) is 0 Å². The van der Waals surface area contributed by atoms with Crippen LogP contribution >= 0.6 is 23.9 Å². The second-order valence-electron chi connectivity index (χ2n) is 2.91. The number of carboxylic acid groups (broad SMARTS) is 1. The predicted octanol–water partition coefficient (Wildman–Crippen LogP) is 1.13. The van der Waals surface area contributed by atoms with Crippen molar-refractivity contribution >= 4 is 35.7 Å². The van der Waals surface area contributed by atoms with Crippen LogP contribution in [0.3, 0.4) is 0 Å². The number of carbonyl (C=O) groups is 1. The number of rotatable bonds is 3. The summed E-state index contributed by atoms with van der Waals surface area (Å²) in [6.07, 6.45) is 5.92. The van der Waals surface area contributed by atoms with Crippen LogP contribution in [-0.2, 0) is 4.79 Å². The van der Waals surface area contributed by atoms with Crippen molar-refractivity contribution in [1.29, 1.82) is 0 Å². The topological polar surface area (TPSA) is 43.5 Å². The molecule has 4 nitrogen and oxygen atoms in total. The lowest BCUT2D eigenvalue weighted by molar-refractivity contribution is -0.350. The van der Waals surface area contributed by atoms with E-state index in [4.69, 9.17) is 5.11 Å². The van der Waals surface area contributed by atoms with Crippen LogP contribution in [0.15, 0.2) is 0 Å². The van der Waals surface area contributed by atoms with E-state index in [2.05, 4.69) is 0 Å². The molecule has 0 aromatic rings. The Kier molecular flexibility index (Phi) is 4.60. The molecule has 0 spiro atoms. The quantitative estimate of drug-likeness (QED) is 0.587. The molecule has 0 aromatic heterocycles. The lowest BCUT2D eigenvalue weighted by Gasteiger charge is -2.11. The number of hydrogen-bond donors (Lipinski definition) is 1. The van der Waals surface area contributed by atoms with Gasteiger partial charge in [-0.15, -0.1) is 0 Å². The van der Waals surface area contributed by atoms with Crippen LogP contribution < -0.4 is 0 Å². The molecule has 1 heterocycles. The molecule has 1 aliphatic heterocycles. The normalized spacial score (nSPS) is 18.3. The van der Waals surface area contributed by atoms with Crippen molar-refractivity contribution in [3.05, 3.63) is 0 Å². The Hall–Kier alpha value is -0.360. The molecule has 0 atom stereocenters. The van der Waals surface area contributed by atoms with Crippen LogP contribution in [0.25, 0.3) is 0 Å². The third kappa shape index (κ3) is 2.57. The number of amidine groups is 1. The molecule has 0 radical (unpaired) electrons. The van der Waals surface area contributed by atoms with Crippen molar-refractivity contribution < 1.29 is 13.9 Å². The fourth-order valence-corrected chi connectivity index (χ4v) is 2.79. The van der Waals surface area contributed by atoms with Crippen molar-refractivity contribution in [1.82, 2.24) is 4.31 Å². The predicted molar refractivity (Wildman–Crippen MR) is 60.7 cm³/mol. The largest absolute Gasteiger partial charge is 0.472 e. The van der Waals surface area contributed by atoms with Crippen molar-refractivity contribution in [3.8, 4) is 0 Å². The molecular weight excluding hydrogens is 220 g/mol. The summed E-state index contributed by atoms with van der Waals surface area (Å²) < 4.78 is 3.71. The molecule has 0 saturated carbocycles. The first kappa shape index (κ1) is 11.7. The van der Waals surface area contributed by atoms with Crippen LogP contribution in [0.1, 0.15) is 12.8 Å². The first-order valence-electron chi connectivity index (χ1n) is 4.44. The van der Waals surface area contributed by atoms with Crippen molar-refractivity contribution in [2.24, 2.45) is 0 Å². The highest BCUT2D eigenvalue weighted by Gasteiger charge is 2.32. The maximum absolute atomic E-state index is 11.1. The zero-order valence-corrected chi connectivity index (χ0v) is 10.0. The Bertz CT molecular complexity index is 256. The van der Waals surface area contributed by atoms with E-state index in [0.29, 0.717) is 5.84 Å². The maximum atomic E-state index is 11.1. The Labute approximate surface area is 92.6 Å². The van der Waals surface area contributed by atoms with Crippen molar-refractivity contribution in [2.45, 2.75) is 12.8 Å². The highest BCUT2D eigenvalue weighted by atomic mass is 32.2. The molecule has 1 N–H and O–H groups in total. The summed E-state index contributed by atoms with van der Waals surface area (Å²) in [6.45, 7) is 1.64. The summed E-state index contributed by atoms with van der Waals surface area (Å²) in [7, 11) is 0. The molecular formula is C8H15N2O2S2+. The lowest BCUT2D eigenvalue weighted by atomic mass is 10.3. The average Bonchev–Trinajstić information content (AvgIpc) is 2.38. The minimum absolute atomic E-state index is 0.405. The van der Waals surface area contributed by atoms with Crippen molar-refractivity contribution in [2.75, 3.05) is 25.6 Å². The molecule has 14 heavy (non-hydrogen) atoms. The smallest absolute Gasteiger partial charge is 0.421 e. The fourth-order valence-electron chi connectivity index (χ4n) is 1.42. The van der Waals surface area contributed by atoms with Gasteiger partial charge in [0.25, 0.3) is 0 Å². The number of nitrogens with zero attached hydrogens (tertiary/aromatic N) is 2. The number of carboxylic acids is 1. The molecule has 0 unspecified atom stereocenters. The summed E-state index contributed by atoms with van der Waals surface area (Å²) in [4.78, 5) is 11.1. The van der Waals surface area contributed by atoms with Gasteiger partial charge in [-0.2, -0.15) is 8.29 Å². The minimum Gasteiger partial charge on any atom is -0.472 e. The van der Waals surface area contributed by atoms with E-state index < -0.39 is 5.97 Å². The van der Waals surface area contributed by atoms with Gasteiger partial charge in [0.1, 0.15) is 0 Å². The van der Waals surface area contributed by atoms with E-state index >= 15 is 0 Å². The minimum atomic E-state index is -0.837. The zero-order chi connectivity index (χ0) is 10.6. The van der Waals surface area contributed by atoms with Crippen LogP contribution in [0.5, 0.6) is 0 Å². The zero-order valence-electron chi connectivity index (χ0n) is 8.39. The summed E-state index contributed by atoms with van der Waals surface area (Å²) >= 11 is 2.95. The first-order chi connectivity index (χ1) is 6.70. The van der Waals surface area contributed by atoms with Gasteiger partial charge in [0.05, 0.1) is 37.0 Å². The molecule has 0 aliphatic carbocycles. The third-order valence-electron chi connectivity index (χ3n) is 2.08. The van der Waals surface area contributed by atoms with Gasteiger partial charge in [0, 0.05) is 12.5 Å². The van der Waals surface area contributed by atoms with Gasteiger partial charge in [0.15, 0.2) is 0 Å². The van der Waals surface area contributed by atoms with E-state index in [1.165, 1.54) is 23.9 Å². The molecule has 6 heteroatoms. The van der Waals surface area contributed by atoms with E-state index in [0.717, 1.165) is 25.9 Å². The molecule has 0 saturated heterocycles. The van der Waals surface area contributed by atoms with Gasteiger partial charge < -0.3 is 5.11 Å². The molecule has 0 amide bonds. The molecule has 0 fully saturated rings. The summed E-state index contributed by atoms with van der Waals surface area (Å²) in [5, 5.41) is 9.12. The summed E-state index contributed by atoms with van der Waals surface area (Å²) in [5.41, 5.74) is 0. The second-order valence-corrected chi connectivity index (χ2v) is 4.52. The first-order valence-corrected chi connectivity index (χ1v) is 6.80. The van der Waals surface area contributed by atoms with E-state index in [9.17, 15) is 4.79 Å². The Morgan fingerprint density at radius 3 is 2.71 bits per heavy atom. The lowest BCUT2D eigenvalue weighted by Crippen LogP contribution is -2.36. The number of hydrogen-bond acceptors (Lipinski definition) is 4. The molecule has 80 valence electrons.